The third-order valence-electron chi connectivity index (χ3n) is 1.81. The quantitative estimate of drug-likeness (QED) is 0.731. The van der Waals surface area contributed by atoms with Crippen LogP contribution in [0.5, 0.6) is 0 Å². The van der Waals surface area contributed by atoms with Gasteiger partial charge in [0.25, 0.3) is 0 Å². The van der Waals surface area contributed by atoms with Gasteiger partial charge in [-0.2, -0.15) is 0 Å². The highest BCUT2D eigenvalue weighted by molar-refractivity contribution is 5.29. The Labute approximate surface area is 89.2 Å². The summed E-state index contributed by atoms with van der Waals surface area (Å²) in [5.74, 6) is -0.313. The van der Waals surface area contributed by atoms with Crippen molar-refractivity contribution in [2.24, 2.45) is 0 Å². The summed E-state index contributed by atoms with van der Waals surface area (Å²) in [7, 11) is 0. The van der Waals surface area contributed by atoms with Gasteiger partial charge in [0.1, 0.15) is 19.3 Å². The summed E-state index contributed by atoms with van der Waals surface area (Å²) >= 11 is 0. The number of rotatable bonds is 2. The Morgan fingerprint density at radius 3 is 2.20 bits per heavy atom. The lowest BCUT2D eigenvalue weighted by Gasteiger charge is -2.35. The van der Waals surface area contributed by atoms with Crippen molar-refractivity contribution in [1.82, 2.24) is 9.80 Å². The van der Waals surface area contributed by atoms with Gasteiger partial charge in [0.2, 0.25) is 0 Å². The molecule has 0 unspecified atom stereocenters. The van der Waals surface area contributed by atoms with Gasteiger partial charge in [0, 0.05) is 6.20 Å². The standard InChI is InChI=1S/C8H11FN2O2.C2H6/c1-6-8(9)3-10(4-12)7(2)11(6)5-13;1-2/h3,12-13H,1-2,4-5H2;1-2H3. The van der Waals surface area contributed by atoms with Crippen molar-refractivity contribution in [3.8, 4) is 0 Å². The molecule has 5 heteroatoms. The number of hydrogen-bond donors (Lipinski definition) is 2. The predicted molar refractivity (Wildman–Crippen MR) is 56.7 cm³/mol. The highest BCUT2D eigenvalue weighted by Gasteiger charge is 2.23. The SMILES string of the molecule is C=C1C(F)=CN(CO)C(=C)N1CO.CC. The van der Waals surface area contributed by atoms with E-state index < -0.39 is 19.3 Å². The van der Waals surface area contributed by atoms with Crippen molar-refractivity contribution in [3.63, 3.8) is 0 Å². The Kier molecular flexibility index (Phi) is 5.66. The lowest BCUT2D eigenvalue weighted by molar-refractivity contribution is 0.0926. The van der Waals surface area contributed by atoms with Gasteiger partial charge in [0.15, 0.2) is 5.83 Å². The minimum Gasteiger partial charge on any atom is -0.376 e. The van der Waals surface area contributed by atoms with Crippen LogP contribution in [0.1, 0.15) is 13.8 Å². The van der Waals surface area contributed by atoms with Crippen LogP contribution in [-0.2, 0) is 0 Å². The molecular weight excluding hydrogens is 199 g/mol. The third-order valence-corrected chi connectivity index (χ3v) is 1.81. The zero-order valence-corrected chi connectivity index (χ0v) is 9.07. The minimum atomic E-state index is -0.601. The average molecular weight is 216 g/mol. The summed E-state index contributed by atoms with van der Waals surface area (Å²) in [5, 5.41) is 17.7. The lowest BCUT2D eigenvalue weighted by atomic mass is 10.3. The Balaban J connectivity index is 0.000000921. The van der Waals surface area contributed by atoms with Crippen LogP contribution in [0.15, 0.2) is 36.7 Å². The van der Waals surface area contributed by atoms with Crippen LogP contribution in [0.3, 0.4) is 0 Å². The van der Waals surface area contributed by atoms with E-state index in [2.05, 4.69) is 13.2 Å². The predicted octanol–water partition coefficient (Wildman–Crippen LogP) is 1.33. The molecule has 1 aliphatic rings. The number of allylic oxidation sites excluding steroid dienone is 1. The van der Waals surface area contributed by atoms with E-state index in [1.807, 2.05) is 13.8 Å². The van der Waals surface area contributed by atoms with E-state index in [1.165, 1.54) is 4.90 Å². The van der Waals surface area contributed by atoms with E-state index in [-0.39, 0.29) is 11.5 Å². The third kappa shape index (κ3) is 2.81. The van der Waals surface area contributed by atoms with Crippen molar-refractivity contribution in [2.75, 3.05) is 13.5 Å². The summed E-state index contributed by atoms with van der Waals surface area (Å²) < 4.78 is 13.0. The zero-order valence-electron chi connectivity index (χ0n) is 9.07. The van der Waals surface area contributed by atoms with Gasteiger partial charge >= 0.3 is 0 Å². The van der Waals surface area contributed by atoms with Crippen molar-refractivity contribution >= 4 is 0 Å². The van der Waals surface area contributed by atoms with Gasteiger partial charge < -0.3 is 20.0 Å². The molecule has 4 nitrogen and oxygen atoms in total. The fourth-order valence-corrected chi connectivity index (χ4v) is 1.02. The van der Waals surface area contributed by atoms with Gasteiger partial charge in [-0.05, 0) is 0 Å². The molecule has 0 aromatic rings. The molecule has 0 bridgehead atoms. The fraction of sp³-hybridized carbons (Fsp3) is 0.400. The van der Waals surface area contributed by atoms with Gasteiger partial charge in [-0.25, -0.2) is 4.39 Å². The van der Waals surface area contributed by atoms with E-state index in [0.717, 1.165) is 11.1 Å². The first-order valence-corrected chi connectivity index (χ1v) is 4.63. The number of aliphatic hydroxyl groups excluding tert-OH is 2. The number of nitrogens with zero attached hydrogens (tertiary/aromatic N) is 2. The molecule has 0 radical (unpaired) electrons. The summed E-state index contributed by atoms with van der Waals surface area (Å²) in [4.78, 5) is 2.33. The zero-order chi connectivity index (χ0) is 12.0. The first-order valence-electron chi connectivity index (χ1n) is 4.63. The molecule has 0 atom stereocenters. The monoisotopic (exact) mass is 216 g/mol. The Morgan fingerprint density at radius 1 is 1.27 bits per heavy atom. The van der Waals surface area contributed by atoms with E-state index >= 15 is 0 Å². The largest absolute Gasteiger partial charge is 0.376 e. The maximum absolute atomic E-state index is 13.0. The highest BCUT2D eigenvalue weighted by atomic mass is 19.1. The molecule has 2 N–H and O–H groups in total. The van der Waals surface area contributed by atoms with Crippen LogP contribution in [-0.4, -0.2) is 33.5 Å². The minimum absolute atomic E-state index is 0.0391. The van der Waals surface area contributed by atoms with Gasteiger partial charge in [0.05, 0.1) is 5.70 Å². The maximum Gasteiger partial charge on any atom is 0.162 e. The van der Waals surface area contributed by atoms with Crippen LogP contribution in [0.2, 0.25) is 0 Å². The van der Waals surface area contributed by atoms with Gasteiger partial charge in [-0.15, -0.1) is 0 Å². The average Bonchev–Trinajstić information content (AvgIpc) is 2.27. The first-order chi connectivity index (χ1) is 7.11. The summed E-state index contributed by atoms with van der Waals surface area (Å²) in [6.45, 7) is 10.2. The summed E-state index contributed by atoms with van der Waals surface area (Å²) in [6.07, 6.45) is 1.08. The molecule has 0 saturated heterocycles. The molecule has 1 rings (SSSR count). The molecule has 0 fully saturated rings. The Morgan fingerprint density at radius 2 is 1.80 bits per heavy atom. The normalized spacial score (nSPS) is 15.9. The summed E-state index contributed by atoms with van der Waals surface area (Å²) in [6, 6.07) is 0. The van der Waals surface area contributed by atoms with E-state index in [0.29, 0.717) is 0 Å². The van der Waals surface area contributed by atoms with Crippen molar-refractivity contribution in [1.29, 1.82) is 0 Å². The maximum atomic E-state index is 13.0. The van der Waals surface area contributed by atoms with Crippen LogP contribution in [0, 0.1) is 0 Å². The fourth-order valence-electron chi connectivity index (χ4n) is 1.02. The molecule has 0 aromatic heterocycles. The topological polar surface area (TPSA) is 46.9 Å². The van der Waals surface area contributed by atoms with Crippen LogP contribution < -0.4 is 0 Å². The number of halogens is 1. The van der Waals surface area contributed by atoms with Crippen LogP contribution in [0.4, 0.5) is 4.39 Å². The second kappa shape index (κ2) is 6.21. The molecule has 0 aliphatic carbocycles. The van der Waals surface area contributed by atoms with E-state index in [1.54, 1.807) is 0 Å². The molecule has 1 aliphatic heterocycles. The Bertz CT molecular complexity index is 277. The highest BCUT2D eigenvalue weighted by Crippen LogP contribution is 2.26. The van der Waals surface area contributed by atoms with Crippen molar-refractivity contribution in [2.45, 2.75) is 13.8 Å². The second-order valence-corrected chi connectivity index (χ2v) is 2.52. The smallest absolute Gasteiger partial charge is 0.162 e. The second-order valence-electron chi connectivity index (χ2n) is 2.52. The van der Waals surface area contributed by atoms with Crippen molar-refractivity contribution < 1.29 is 14.6 Å². The molecule has 15 heavy (non-hydrogen) atoms. The summed E-state index contributed by atoms with van der Waals surface area (Å²) in [5.41, 5.74) is 0.0391. The molecule has 0 aromatic carbocycles. The molecule has 0 amide bonds. The number of aliphatic hydroxyl groups is 2. The van der Waals surface area contributed by atoms with Gasteiger partial charge in [-0.1, -0.05) is 27.0 Å². The first kappa shape index (κ1) is 13.7. The van der Waals surface area contributed by atoms with Crippen molar-refractivity contribution in [3.05, 3.63) is 36.7 Å². The van der Waals surface area contributed by atoms with Gasteiger partial charge in [-0.3, -0.25) is 0 Å². The lowest BCUT2D eigenvalue weighted by Crippen LogP contribution is -2.36. The van der Waals surface area contributed by atoms with E-state index in [4.69, 9.17) is 10.2 Å². The molecular formula is C10H17FN2O2. The molecule has 0 saturated carbocycles. The van der Waals surface area contributed by atoms with E-state index in [9.17, 15) is 4.39 Å². The van der Waals surface area contributed by atoms with Crippen LogP contribution in [0.25, 0.3) is 0 Å². The molecule has 86 valence electrons. The van der Waals surface area contributed by atoms with Crippen LogP contribution >= 0.6 is 0 Å². The molecule has 1 heterocycles. The number of hydrogen-bond acceptors (Lipinski definition) is 4. The Hall–Kier alpha value is -1.33. The molecule has 0 spiro atoms.